The van der Waals surface area contributed by atoms with E-state index in [-0.39, 0.29) is 18.5 Å². The first-order chi connectivity index (χ1) is 9.81. The van der Waals surface area contributed by atoms with E-state index in [1.54, 1.807) is 16.2 Å². The fourth-order valence-corrected chi connectivity index (χ4v) is 3.89. The molecule has 0 N–H and O–H groups in total. The molecule has 1 heterocycles. The van der Waals surface area contributed by atoms with E-state index in [0.29, 0.717) is 0 Å². The van der Waals surface area contributed by atoms with Crippen molar-refractivity contribution >= 4 is 27.3 Å². The molecule has 0 radical (unpaired) electrons. The molecule has 0 unspecified atom stereocenters. The minimum absolute atomic E-state index is 0.0101. The van der Waals surface area contributed by atoms with E-state index < -0.39 is 0 Å². The van der Waals surface area contributed by atoms with Crippen molar-refractivity contribution in [3.05, 3.63) is 35.2 Å². The number of carbonyl (C=O) groups excluding carboxylic acids is 1. The molecule has 3 nitrogen and oxygen atoms in total. The summed E-state index contributed by atoms with van der Waals surface area (Å²) >= 11 is 1.59. The Bertz CT molecular complexity index is 664. The maximum Gasteiger partial charge on any atom is 0.256 e. The molecule has 0 saturated heterocycles. The molecule has 0 bridgehead atoms. The Kier molecular flexibility index (Phi) is 3.70. The Morgan fingerprint density at radius 2 is 2.10 bits per heavy atom. The van der Waals surface area contributed by atoms with Crippen LogP contribution in [0.3, 0.4) is 0 Å². The fourth-order valence-electron chi connectivity index (χ4n) is 2.96. The second-order valence-corrected chi connectivity index (χ2v) is 6.09. The summed E-state index contributed by atoms with van der Waals surface area (Å²) in [5.41, 5.74) is 0.743. The molecule has 1 aliphatic rings. The zero-order valence-corrected chi connectivity index (χ0v) is 12.0. The lowest BCUT2D eigenvalue weighted by molar-refractivity contribution is 0.0712. The molecule has 1 amide bonds. The Balaban J connectivity index is 1.94. The number of nitrogens with zero attached hydrogens (tertiary/aromatic N) is 2. The zero-order chi connectivity index (χ0) is 13.9. The summed E-state index contributed by atoms with van der Waals surface area (Å²) < 4.78 is 1.12. The number of amides is 1. The number of fused-ring (bicyclic) bond motifs is 1. The molecule has 1 aliphatic carbocycles. The van der Waals surface area contributed by atoms with Gasteiger partial charge in [0, 0.05) is 21.5 Å². The van der Waals surface area contributed by atoms with Gasteiger partial charge < -0.3 is 4.90 Å². The van der Waals surface area contributed by atoms with E-state index in [1.807, 2.05) is 29.6 Å². The van der Waals surface area contributed by atoms with E-state index in [4.69, 9.17) is 5.26 Å². The smallest absolute Gasteiger partial charge is 0.256 e. The molecule has 1 aromatic heterocycles. The van der Waals surface area contributed by atoms with Gasteiger partial charge in [-0.1, -0.05) is 31.0 Å². The van der Waals surface area contributed by atoms with Gasteiger partial charge in [-0.15, -0.1) is 11.3 Å². The zero-order valence-electron chi connectivity index (χ0n) is 11.2. The lowest BCUT2D eigenvalue weighted by Gasteiger charge is -2.26. The number of carbonyl (C=O) groups is 1. The summed E-state index contributed by atoms with van der Waals surface area (Å²) in [6.07, 6.45) is 4.36. The van der Waals surface area contributed by atoms with Gasteiger partial charge in [-0.2, -0.15) is 5.26 Å². The Hall–Kier alpha value is -1.86. The van der Waals surface area contributed by atoms with Crippen LogP contribution in [0.25, 0.3) is 10.1 Å². The van der Waals surface area contributed by atoms with Crippen LogP contribution in [-0.2, 0) is 0 Å². The quantitative estimate of drug-likeness (QED) is 0.804. The largest absolute Gasteiger partial charge is 0.322 e. The van der Waals surface area contributed by atoms with Gasteiger partial charge in [0.15, 0.2) is 0 Å². The van der Waals surface area contributed by atoms with Crippen molar-refractivity contribution in [2.75, 3.05) is 6.54 Å². The second kappa shape index (κ2) is 5.64. The van der Waals surface area contributed by atoms with Crippen molar-refractivity contribution in [2.45, 2.75) is 31.7 Å². The normalized spacial score (nSPS) is 15.3. The van der Waals surface area contributed by atoms with Crippen LogP contribution in [0.1, 0.15) is 36.0 Å². The highest BCUT2D eigenvalue weighted by Crippen LogP contribution is 2.29. The van der Waals surface area contributed by atoms with Crippen LogP contribution in [0.4, 0.5) is 0 Å². The van der Waals surface area contributed by atoms with Crippen LogP contribution in [0.2, 0.25) is 0 Å². The molecule has 0 spiro atoms. The van der Waals surface area contributed by atoms with E-state index >= 15 is 0 Å². The standard InChI is InChI=1S/C16H16N2OS/c17-9-10-18(12-5-1-2-6-12)16(19)14-11-20-15-8-4-3-7-13(14)15/h3-4,7-8,11-12H,1-2,5-6,10H2. The third-order valence-corrected chi connectivity index (χ3v) is 4.94. The highest BCUT2D eigenvalue weighted by atomic mass is 32.1. The lowest BCUT2D eigenvalue weighted by atomic mass is 10.1. The fraction of sp³-hybridized carbons (Fsp3) is 0.375. The van der Waals surface area contributed by atoms with Gasteiger partial charge in [0.1, 0.15) is 6.54 Å². The van der Waals surface area contributed by atoms with Crippen LogP contribution in [0.15, 0.2) is 29.6 Å². The van der Waals surface area contributed by atoms with Crippen molar-refractivity contribution < 1.29 is 4.79 Å². The lowest BCUT2D eigenvalue weighted by Crippen LogP contribution is -2.39. The summed E-state index contributed by atoms with van der Waals surface area (Å²) in [6.45, 7) is 0.188. The summed E-state index contributed by atoms with van der Waals surface area (Å²) in [7, 11) is 0. The van der Waals surface area contributed by atoms with Gasteiger partial charge in [0.2, 0.25) is 0 Å². The maximum atomic E-state index is 12.8. The van der Waals surface area contributed by atoms with Gasteiger partial charge in [0.05, 0.1) is 11.6 Å². The van der Waals surface area contributed by atoms with Crippen molar-refractivity contribution in [2.24, 2.45) is 0 Å². The number of hydrogen-bond donors (Lipinski definition) is 0. The van der Waals surface area contributed by atoms with Crippen molar-refractivity contribution in [1.29, 1.82) is 5.26 Å². The van der Waals surface area contributed by atoms with Crippen LogP contribution >= 0.6 is 11.3 Å². The molecule has 0 aliphatic heterocycles. The minimum Gasteiger partial charge on any atom is -0.322 e. The van der Waals surface area contributed by atoms with E-state index in [1.165, 1.54) is 0 Å². The van der Waals surface area contributed by atoms with Gasteiger partial charge in [-0.3, -0.25) is 4.79 Å². The molecular weight excluding hydrogens is 268 g/mol. The second-order valence-electron chi connectivity index (χ2n) is 5.17. The van der Waals surface area contributed by atoms with Crippen molar-refractivity contribution in [3.63, 3.8) is 0 Å². The first-order valence-electron chi connectivity index (χ1n) is 6.95. The molecule has 4 heteroatoms. The Morgan fingerprint density at radius 1 is 1.35 bits per heavy atom. The molecule has 2 aromatic rings. The minimum atomic E-state index is 0.0101. The Labute approximate surface area is 122 Å². The average molecular weight is 284 g/mol. The van der Waals surface area contributed by atoms with Gasteiger partial charge >= 0.3 is 0 Å². The monoisotopic (exact) mass is 284 g/mol. The third kappa shape index (κ3) is 2.30. The third-order valence-electron chi connectivity index (χ3n) is 3.98. The van der Waals surface area contributed by atoms with Gasteiger partial charge in [0.25, 0.3) is 5.91 Å². The molecule has 20 heavy (non-hydrogen) atoms. The molecule has 1 fully saturated rings. The summed E-state index contributed by atoms with van der Waals surface area (Å²) in [5, 5.41) is 11.9. The molecule has 102 valence electrons. The van der Waals surface area contributed by atoms with Gasteiger partial charge in [-0.25, -0.2) is 0 Å². The molecule has 1 saturated carbocycles. The first kappa shape index (κ1) is 13.1. The Morgan fingerprint density at radius 3 is 2.85 bits per heavy atom. The number of benzene rings is 1. The van der Waals surface area contributed by atoms with Crippen LogP contribution in [-0.4, -0.2) is 23.4 Å². The highest BCUT2D eigenvalue weighted by molar-refractivity contribution is 7.17. The topological polar surface area (TPSA) is 44.1 Å². The van der Waals surface area contributed by atoms with E-state index in [2.05, 4.69) is 6.07 Å². The molecular formula is C16H16N2OS. The number of rotatable bonds is 3. The number of hydrogen-bond acceptors (Lipinski definition) is 3. The van der Waals surface area contributed by atoms with Crippen molar-refractivity contribution in [1.82, 2.24) is 4.90 Å². The number of nitriles is 1. The maximum absolute atomic E-state index is 12.8. The van der Waals surface area contributed by atoms with E-state index in [9.17, 15) is 4.79 Å². The van der Waals surface area contributed by atoms with Crippen LogP contribution in [0, 0.1) is 11.3 Å². The summed E-state index contributed by atoms with van der Waals surface area (Å²) in [6, 6.07) is 10.3. The predicted molar refractivity (Wildman–Crippen MR) is 80.7 cm³/mol. The summed E-state index contributed by atoms with van der Waals surface area (Å²) in [5.74, 6) is 0.0101. The van der Waals surface area contributed by atoms with Crippen LogP contribution in [0.5, 0.6) is 0 Å². The predicted octanol–water partition coefficient (Wildman–Crippen LogP) is 3.81. The molecule has 1 aromatic carbocycles. The average Bonchev–Trinajstić information content (AvgIpc) is 3.13. The van der Waals surface area contributed by atoms with Crippen LogP contribution < -0.4 is 0 Å². The first-order valence-corrected chi connectivity index (χ1v) is 7.83. The van der Waals surface area contributed by atoms with Crippen molar-refractivity contribution in [3.8, 4) is 6.07 Å². The molecule has 0 atom stereocenters. The number of thiophene rings is 1. The SMILES string of the molecule is N#CCN(C(=O)c1csc2ccccc12)C1CCCC1. The summed E-state index contributed by atoms with van der Waals surface area (Å²) in [4.78, 5) is 14.5. The van der Waals surface area contributed by atoms with E-state index in [0.717, 1.165) is 41.3 Å². The van der Waals surface area contributed by atoms with Gasteiger partial charge in [-0.05, 0) is 18.9 Å². The highest BCUT2D eigenvalue weighted by Gasteiger charge is 2.28. The molecule has 3 rings (SSSR count).